The summed E-state index contributed by atoms with van der Waals surface area (Å²) < 4.78 is 0. The van der Waals surface area contributed by atoms with E-state index >= 15 is 0 Å². The molecule has 0 unspecified atom stereocenters. The Hall–Kier alpha value is -1.55. The average Bonchev–Trinajstić information content (AvgIpc) is 2.89. The number of carbonyl (C=O) groups excluding carboxylic acids is 1. The van der Waals surface area contributed by atoms with Gasteiger partial charge in [-0.25, -0.2) is 0 Å². The van der Waals surface area contributed by atoms with Crippen molar-refractivity contribution in [3.63, 3.8) is 0 Å². The second kappa shape index (κ2) is 5.83. The van der Waals surface area contributed by atoms with Gasteiger partial charge < -0.3 is 10.4 Å². The van der Waals surface area contributed by atoms with Crippen LogP contribution in [0.5, 0.6) is 0 Å². The monoisotopic (exact) mass is 295 g/mol. The maximum atomic E-state index is 12.1. The number of rotatable bonds is 4. The van der Waals surface area contributed by atoms with Gasteiger partial charge in [0.05, 0.1) is 5.41 Å². The highest BCUT2D eigenvalue weighted by Crippen LogP contribution is 2.37. The second-order valence-corrected chi connectivity index (χ2v) is 5.85. The lowest BCUT2D eigenvalue weighted by Crippen LogP contribution is -2.41. The van der Waals surface area contributed by atoms with Crippen LogP contribution >= 0.6 is 11.6 Å². The van der Waals surface area contributed by atoms with Crippen LogP contribution in [0.1, 0.15) is 41.6 Å². The molecule has 0 aliphatic heterocycles. The smallest absolute Gasteiger partial charge is 0.311 e. The van der Waals surface area contributed by atoms with Crippen molar-refractivity contribution in [3.05, 3.63) is 34.3 Å². The van der Waals surface area contributed by atoms with E-state index in [-0.39, 0.29) is 12.5 Å². The van der Waals surface area contributed by atoms with Gasteiger partial charge in [0.2, 0.25) is 0 Å². The van der Waals surface area contributed by atoms with Crippen LogP contribution in [0.25, 0.3) is 0 Å². The van der Waals surface area contributed by atoms with Crippen molar-refractivity contribution in [3.8, 4) is 0 Å². The number of carboxylic acids is 1. The third-order valence-electron chi connectivity index (χ3n) is 4.02. The standard InChI is InChI=1S/C15H18ClNO3/c1-10-8-11(4-5-12(10)16)13(18)17-9-15(14(19)20)6-2-3-7-15/h4-5,8H,2-3,6-7,9H2,1H3,(H,17,18)(H,19,20). The van der Waals surface area contributed by atoms with Crippen molar-refractivity contribution in [1.82, 2.24) is 5.32 Å². The van der Waals surface area contributed by atoms with Gasteiger partial charge in [0, 0.05) is 17.1 Å². The molecular weight excluding hydrogens is 278 g/mol. The Morgan fingerprint density at radius 3 is 2.55 bits per heavy atom. The van der Waals surface area contributed by atoms with Gasteiger partial charge in [0.25, 0.3) is 5.91 Å². The molecule has 0 aromatic heterocycles. The Morgan fingerprint density at radius 1 is 1.35 bits per heavy atom. The third-order valence-corrected chi connectivity index (χ3v) is 4.45. The molecule has 20 heavy (non-hydrogen) atoms. The Morgan fingerprint density at radius 2 is 2.00 bits per heavy atom. The van der Waals surface area contributed by atoms with Gasteiger partial charge in [-0.15, -0.1) is 0 Å². The molecule has 0 saturated heterocycles. The summed E-state index contributed by atoms with van der Waals surface area (Å²) in [6.45, 7) is 2.01. The summed E-state index contributed by atoms with van der Waals surface area (Å²) in [5, 5.41) is 12.7. The fraction of sp³-hybridized carbons (Fsp3) is 0.467. The van der Waals surface area contributed by atoms with Gasteiger partial charge in [-0.2, -0.15) is 0 Å². The molecule has 1 amide bonds. The van der Waals surface area contributed by atoms with E-state index in [1.807, 2.05) is 6.92 Å². The molecule has 2 rings (SSSR count). The SMILES string of the molecule is Cc1cc(C(=O)NCC2(C(=O)O)CCCC2)ccc1Cl. The number of hydrogen-bond donors (Lipinski definition) is 2. The number of benzene rings is 1. The zero-order valence-electron chi connectivity index (χ0n) is 11.4. The highest BCUT2D eigenvalue weighted by Gasteiger charge is 2.41. The molecule has 0 radical (unpaired) electrons. The van der Waals surface area contributed by atoms with E-state index in [0.717, 1.165) is 18.4 Å². The number of nitrogens with one attached hydrogen (secondary N) is 1. The molecule has 1 saturated carbocycles. The van der Waals surface area contributed by atoms with Crippen LogP contribution < -0.4 is 5.32 Å². The van der Waals surface area contributed by atoms with E-state index < -0.39 is 11.4 Å². The van der Waals surface area contributed by atoms with Crippen LogP contribution in [0.2, 0.25) is 5.02 Å². The lowest BCUT2D eigenvalue weighted by Gasteiger charge is -2.24. The maximum Gasteiger partial charge on any atom is 0.311 e. The minimum atomic E-state index is -0.817. The third kappa shape index (κ3) is 2.96. The number of hydrogen-bond acceptors (Lipinski definition) is 2. The summed E-state index contributed by atoms with van der Waals surface area (Å²) in [6.07, 6.45) is 3.06. The molecule has 2 N–H and O–H groups in total. The molecule has 0 heterocycles. The number of halogens is 1. The number of aliphatic carboxylic acids is 1. The van der Waals surface area contributed by atoms with E-state index in [2.05, 4.69) is 5.32 Å². The lowest BCUT2D eigenvalue weighted by molar-refractivity contribution is -0.148. The van der Waals surface area contributed by atoms with Crippen molar-refractivity contribution in [1.29, 1.82) is 0 Å². The van der Waals surface area contributed by atoms with Gasteiger partial charge in [-0.3, -0.25) is 9.59 Å². The van der Waals surface area contributed by atoms with Crippen LogP contribution in [-0.4, -0.2) is 23.5 Å². The highest BCUT2D eigenvalue weighted by molar-refractivity contribution is 6.31. The van der Waals surface area contributed by atoms with E-state index in [4.69, 9.17) is 11.6 Å². The molecule has 5 heteroatoms. The Balaban J connectivity index is 2.04. The van der Waals surface area contributed by atoms with E-state index in [0.29, 0.717) is 23.4 Å². The van der Waals surface area contributed by atoms with E-state index in [9.17, 15) is 14.7 Å². The zero-order valence-corrected chi connectivity index (χ0v) is 12.2. The fourth-order valence-electron chi connectivity index (χ4n) is 2.66. The predicted octanol–water partition coefficient (Wildman–Crippen LogP) is 3.02. The summed E-state index contributed by atoms with van der Waals surface area (Å²) in [7, 11) is 0. The molecule has 1 aliphatic rings. The normalized spacial score (nSPS) is 16.9. The Kier molecular flexibility index (Phi) is 4.33. The first-order valence-corrected chi connectivity index (χ1v) is 7.10. The van der Waals surface area contributed by atoms with Crippen LogP contribution in [0, 0.1) is 12.3 Å². The van der Waals surface area contributed by atoms with Crippen LogP contribution in [0.15, 0.2) is 18.2 Å². The number of carbonyl (C=O) groups is 2. The number of aryl methyl sites for hydroxylation is 1. The van der Waals surface area contributed by atoms with Gasteiger partial charge in [-0.05, 0) is 43.5 Å². The molecule has 1 aliphatic carbocycles. The van der Waals surface area contributed by atoms with Crippen molar-refractivity contribution >= 4 is 23.5 Å². The molecular formula is C15H18ClNO3. The van der Waals surface area contributed by atoms with Crippen LogP contribution in [0.3, 0.4) is 0 Å². The Labute approximate surface area is 123 Å². The first-order valence-electron chi connectivity index (χ1n) is 6.72. The second-order valence-electron chi connectivity index (χ2n) is 5.44. The molecule has 1 aromatic carbocycles. The molecule has 108 valence electrons. The average molecular weight is 296 g/mol. The highest BCUT2D eigenvalue weighted by atomic mass is 35.5. The first-order chi connectivity index (χ1) is 9.44. The predicted molar refractivity (Wildman–Crippen MR) is 77.1 cm³/mol. The van der Waals surface area contributed by atoms with E-state index in [1.54, 1.807) is 18.2 Å². The topological polar surface area (TPSA) is 66.4 Å². The largest absolute Gasteiger partial charge is 0.481 e. The summed E-state index contributed by atoms with van der Waals surface area (Å²) in [5.41, 5.74) is 0.537. The van der Waals surface area contributed by atoms with Crippen molar-refractivity contribution in [2.45, 2.75) is 32.6 Å². The number of amides is 1. The lowest BCUT2D eigenvalue weighted by atomic mass is 9.86. The minimum absolute atomic E-state index is 0.183. The van der Waals surface area contributed by atoms with Crippen molar-refractivity contribution in [2.75, 3.05) is 6.54 Å². The molecule has 1 fully saturated rings. The van der Waals surface area contributed by atoms with Crippen molar-refractivity contribution < 1.29 is 14.7 Å². The van der Waals surface area contributed by atoms with Crippen molar-refractivity contribution in [2.24, 2.45) is 5.41 Å². The minimum Gasteiger partial charge on any atom is -0.481 e. The van der Waals surface area contributed by atoms with Gasteiger partial charge in [0.1, 0.15) is 0 Å². The first kappa shape index (κ1) is 14.9. The zero-order chi connectivity index (χ0) is 14.8. The van der Waals surface area contributed by atoms with E-state index in [1.165, 1.54) is 0 Å². The summed E-state index contributed by atoms with van der Waals surface area (Å²) in [4.78, 5) is 23.5. The van der Waals surface area contributed by atoms with Gasteiger partial charge in [0.15, 0.2) is 0 Å². The van der Waals surface area contributed by atoms with Gasteiger partial charge in [-0.1, -0.05) is 24.4 Å². The van der Waals surface area contributed by atoms with Crippen LogP contribution in [-0.2, 0) is 4.79 Å². The summed E-state index contributed by atoms with van der Waals surface area (Å²) in [6, 6.07) is 5.03. The molecule has 0 bridgehead atoms. The quantitative estimate of drug-likeness (QED) is 0.897. The molecule has 1 aromatic rings. The van der Waals surface area contributed by atoms with Gasteiger partial charge >= 0.3 is 5.97 Å². The van der Waals surface area contributed by atoms with Crippen LogP contribution in [0.4, 0.5) is 0 Å². The molecule has 0 atom stereocenters. The molecule has 0 spiro atoms. The number of carboxylic acid groups (broad SMARTS) is 1. The summed E-state index contributed by atoms with van der Waals surface area (Å²) in [5.74, 6) is -1.07. The molecule has 4 nitrogen and oxygen atoms in total. The Bertz CT molecular complexity index is 536. The maximum absolute atomic E-state index is 12.1. The summed E-state index contributed by atoms with van der Waals surface area (Å²) >= 11 is 5.92. The fourth-order valence-corrected chi connectivity index (χ4v) is 2.77.